The van der Waals surface area contributed by atoms with E-state index in [1.165, 1.54) is 26.1 Å². The first-order chi connectivity index (χ1) is 13.2. The fourth-order valence-corrected chi connectivity index (χ4v) is 2.53. The molecule has 6 nitrogen and oxygen atoms in total. The predicted octanol–water partition coefficient (Wildman–Crippen LogP) is 3.43. The number of nitrogens with one attached hydrogen (secondary N) is 1. The van der Waals surface area contributed by atoms with Crippen LogP contribution < -0.4 is 5.32 Å². The number of hydrogen-bond donors (Lipinski definition) is 1. The van der Waals surface area contributed by atoms with Crippen LogP contribution in [0.3, 0.4) is 0 Å². The lowest BCUT2D eigenvalue weighted by molar-refractivity contribution is -0.140. The first-order valence-corrected chi connectivity index (χ1v) is 8.82. The van der Waals surface area contributed by atoms with E-state index < -0.39 is 29.7 Å². The largest absolute Gasteiger partial charge is 0.449 e. The lowest BCUT2D eigenvalue weighted by atomic mass is 10.2. The highest BCUT2D eigenvalue weighted by Crippen LogP contribution is 2.16. The number of nitrogens with zero attached hydrogens (tertiary/aromatic N) is 1. The van der Waals surface area contributed by atoms with E-state index in [0.717, 1.165) is 16.5 Å². The van der Waals surface area contributed by atoms with Gasteiger partial charge in [0, 0.05) is 17.8 Å². The molecule has 0 spiro atoms. The summed E-state index contributed by atoms with van der Waals surface area (Å²) < 4.78 is 18.8. The molecule has 0 aliphatic carbocycles. The van der Waals surface area contributed by atoms with Crippen LogP contribution in [0.4, 0.5) is 10.1 Å². The molecule has 2 aromatic carbocycles. The maximum Gasteiger partial charge on any atom is 0.341 e. The second-order valence-electron chi connectivity index (χ2n) is 6.28. The normalized spacial score (nSPS) is 11.5. The number of carbonyl (C=O) groups is 3. The Labute approximate surface area is 167 Å². The summed E-state index contributed by atoms with van der Waals surface area (Å²) in [6.45, 7) is 3.04. The molecule has 0 aliphatic rings. The standard InChI is InChI=1S/C20H20ClFN2O4/c1-12-4-7-15(8-5-12)23-18(25)11-24(3)19(26)13(2)28-20(27)16-9-6-14(21)10-17(16)22/h4-10,13H,11H2,1-3H3,(H,23,25)/t13-/m1/s1. The predicted molar refractivity (Wildman–Crippen MR) is 104 cm³/mol. The van der Waals surface area contributed by atoms with Gasteiger partial charge in [0.05, 0.1) is 12.1 Å². The minimum absolute atomic E-state index is 0.137. The van der Waals surface area contributed by atoms with Crippen molar-refractivity contribution in [3.8, 4) is 0 Å². The van der Waals surface area contributed by atoms with Crippen LogP contribution in [0.2, 0.25) is 5.02 Å². The molecule has 2 aromatic rings. The van der Waals surface area contributed by atoms with Crippen LogP contribution in [0.5, 0.6) is 0 Å². The number of hydrogen-bond acceptors (Lipinski definition) is 4. The molecule has 0 aliphatic heterocycles. The van der Waals surface area contributed by atoms with Crippen LogP contribution in [-0.4, -0.2) is 42.4 Å². The van der Waals surface area contributed by atoms with E-state index in [0.29, 0.717) is 5.69 Å². The Balaban J connectivity index is 1.91. The molecule has 0 radical (unpaired) electrons. The number of amides is 2. The van der Waals surface area contributed by atoms with Gasteiger partial charge in [0.15, 0.2) is 6.10 Å². The molecular formula is C20H20ClFN2O4. The van der Waals surface area contributed by atoms with Crippen molar-refractivity contribution in [2.45, 2.75) is 20.0 Å². The van der Waals surface area contributed by atoms with E-state index in [-0.39, 0.29) is 17.1 Å². The maximum absolute atomic E-state index is 13.8. The number of halogens is 2. The van der Waals surface area contributed by atoms with E-state index in [1.54, 1.807) is 12.1 Å². The molecule has 148 valence electrons. The van der Waals surface area contributed by atoms with Gasteiger partial charge in [-0.25, -0.2) is 9.18 Å². The zero-order chi connectivity index (χ0) is 20.8. The molecule has 0 fully saturated rings. The lowest BCUT2D eigenvalue weighted by Crippen LogP contribution is -2.41. The molecule has 0 unspecified atom stereocenters. The van der Waals surface area contributed by atoms with Crippen LogP contribution in [0.1, 0.15) is 22.8 Å². The summed E-state index contributed by atoms with van der Waals surface area (Å²) >= 11 is 5.64. The van der Waals surface area contributed by atoms with Crippen molar-refractivity contribution in [1.29, 1.82) is 0 Å². The molecule has 1 N–H and O–H groups in total. The van der Waals surface area contributed by atoms with Gasteiger partial charge in [-0.15, -0.1) is 0 Å². The topological polar surface area (TPSA) is 75.7 Å². The van der Waals surface area contributed by atoms with Crippen molar-refractivity contribution in [2.75, 3.05) is 18.9 Å². The summed E-state index contributed by atoms with van der Waals surface area (Å²) in [5.74, 6) is -2.83. The van der Waals surface area contributed by atoms with Gasteiger partial charge < -0.3 is 15.0 Å². The fraction of sp³-hybridized carbons (Fsp3) is 0.250. The third kappa shape index (κ3) is 5.79. The summed E-state index contributed by atoms with van der Waals surface area (Å²) in [7, 11) is 1.41. The van der Waals surface area contributed by atoms with E-state index >= 15 is 0 Å². The third-order valence-electron chi connectivity index (χ3n) is 3.87. The van der Waals surface area contributed by atoms with E-state index in [2.05, 4.69) is 5.32 Å². The number of benzene rings is 2. The number of aryl methyl sites for hydroxylation is 1. The molecule has 0 saturated heterocycles. The lowest BCUT2D eigenvalue weighted by Gasteiger charge is -2.21. The Morgan fingerprint density at radius 2 is 1.82 bits per heavy atom. The summed E-state index contributed by atoms with van der Waals surface area (Å²) in [4.78, 5) is 37.6. The van der Waals surface area contributed by atoms with Crippen molar-refractivity contribution in [3.05, 3.63) is 64.4 Å². The van der Waals surface area contributed by atoms with Gasteiger partial charge in [0.2, 0.25) is 5.91 Å². The second-order valence-corrected chi connectivity index (χ2v) is 6.72. The number of ether oxygens (including phenoxy) is 1. The monoisotopic (exact) mass is 406 g/mol. The Bertz CT molecular complexity index is 886. The zero-order valence-electron chi connectivity index (χ0n) is 15.7. The summed E-state index contributed by atoms with van der Waals surface area (Å²) in [6, 6.07) is 10.7. The number of carbonyl (C=O) groups excluding carboxylic acids is 3. The quantitative estimate of drug-likeness (QED) is 0.746. The van der Waals surface area contributed by atoms with Gasteiger partial charge in [0.1, 0.15) is 5.82 Å². The molecule has 1 atom stereocenters. The van der Waals surface area contributed by atoms with Crippen molar-refractivity contribution < 1.29 is 23.5 Å². The van der Waals surface area contributed by atoms with Crippen molar-refractivity contribution in [2.24, 2.45) is 0 Å². The Kier molecular flexibility index (Phi) is 7.12. The van der Waals surface area contributed by atoms with Gasteiger partial charge in [-0.1, -0.05) is 29.3 Å². The highest BCUT2D eigenvalue weighted by molar-refractivity contribution is 6.30. The molecule has 0 heterocycles. The van der Waals surface area contributed by atoms with E-state index in [9.17, 15) is 18.8 Å². The number of likely N-dealkylation sites (N-methyl/N-ethyl adjacent to an activating group) is 1. The van der Waals surface area contributed by atoms with Crippen LogP contribution in [-0.2, 0) is 14.3 Å². The fourth-order valence-electron chi connectivity index (χ4n) is 2.37. The van der Waals surface area contributed by atoms with Gasteiger partial charge in [-0.2, -0.15) is 0 Å². The maximum atomic E-state index is 13.8. The molecule has 8 heteroatoms. The molecule has 28 heavy (non-hydrogen) atoms. The average Bonchev–Trinajstić information content (AvgIpc) is 2.62. The summed E-state index contributed by atoms with van der Waals surface area (Å²) in [5, 5.41) is 2.81. The van der Waals surface area contributed by atoms with Gasteiger partial charge in [0.25, 0.3) is 5.91 Å². The van der Waals surface area contributed by atoms with E-state index in [1.807, 2.05) is 19.1 Å². The molecular weight excluding hydrogens is 387 g/mol. The molecule has 0 aromatic heterocycles. The Morgan fingerprint density at radius 1 is 1.18 bits per heavy atom. The smallest absolute Gasteiger partial charge is 0.341 e. The van der Waals surface area contributed by atoms with Gasteiger partial charge in [-0.3, -0.25) is 9.59 Å². The molecule has 2 amide bonds. The minimum Gasteiger partial charge on any atom is -0.449 e. The Hall–Kier alpha value is -2.93. The van der Waals surface area contributed by atoms with E-state index in [4.69, 9.17) is 16.3 Å². The van der Waals surface area contributed by atoms with Gasteiger partial charge in [-0.05, 0) is 44.2 Å². The number of rotatable bonds is 6. The number of esters is 1. The molecule has 0 bridgehead atoms. The van der Waals surface area contributed by atoms with Crippen LogP contribution in [0, 0.1) is 12.7 Å². The summed E-state index contributed by atoms with van der Waals surface area (Å²) in [6.07, 6.45) is -1.19. The van der Waals surface area contributed by atoms with Crippen molar-refractivity contribution >= 4 is 35.1 Å². The first-order valence-electron chi connectivity index (χ1n) is 8.45. The highest BCUT2D eigenvalue weighted by atomic mass is 35.5. The van der Waals surface area contributed by atoms with Crippen molar-refractivity contribution in [3.63, 3.8) is 0 Å². The van der Waals surface area contributed by atoms with Crippen molar-refractivity contribution in [1.82, 2.24) is 4.90 Å². The Morgan fingerprint density at radius 3 is 2.43 bits per heavy atom. The van der Waals surface area contributed by atoms with Crippen LogP contribution in [0.15, 0.2) is 42.5 Å². The van der Waals surface area contributed by atoms with Crippen LogP contribution in [0.25, 0.3) is 0 Å². The summed E-state index contributed by atoms with van der Waals surface area (Å²) in [5.41, 5.74) is 1.33. The third-order valence-corrected chi connectivity index (χ3v) is 4.11. The highest BCUT2D eigenvalue weighted by Gasteiger charge is 2.25. The van der Waals surface area contributed by atoms with Crippen LogP contribution >= 0.6 is 11.6 Å². The van der Waals surface area contributed by atoms with Gasteiger partial charge >= 0.3 is 5.97 Å². The minimum atomic E-state index is -1.19. The average molecular weight is 407 g/mol. The molecule has 0 saturated carbocycles. The zero-order valence-corrected chi connectivity index (χ0v) is 16.4. The molecule has 2 rings (SSSR count). The second kappa shape index (κ2) is 9.32. The first kappa shape index (κ1) is 21.4. The number of anilines is 1. The SMILES string of the molecule is Cc1ccc(NC(=O)CN(C)C(=O)[C@@H](C)OC(=O)c2ccc(Cl)cc2F)cc1.